The van der Waals surface area contributed by atoms with Gasteiger partial charge in [-0.05, 0) is 55.4 Å². The summed E-state index contributed by atoms with van der Waals surface area (Å²) in [6.07, 6.45) is 4.45. The van der Waals surface area contributed by atoms with E-state index in [0.717, 1.165) is 50.1 Å². The number of hydrogen-bond donors (Lipinski definition) is 1. The van der Waals surface area contributed by atoms with Crippen LogP contribution in [0.1, 0.15) is 50.6 Å². The molecule has 0 saturated carbocycles. The van der Waals surface area contributed by atoms with E-state index in [9.17, 15) is 4.39 Å². The molecule has 0 aliphatic carbocycles. The van der Waals surface area contributed by atoms with Gasteiger partial charge in [0.2, 0.25) is 5.89 Å². The number of benzene rings is 1. The smallest absolute Gasteiger partial charge is 0.291 e. The molecule has 4 heterocycles. The van der Waals surface area contributed by atoms with Crippen molar-refractivity contribution in [3.8, 4) is 5.95 Å². The van der Waals surface area contributed by atoms with Crippen LogP contribution in [-0.4, -0.2) is 57.0 Å². The Morgan fingerprint density at radius 3 is 3.00 bits per heavy atom. The predicted octanol–water partition coefficient (Wildman–Crippen LogP) is 3.29. The number of aromatic nitrogens is 4. The summed E-state index contributed by atoms with van der Waals surface area (Å²) in [7, 11) is 0. The van der Waals surface area contributed by atoms with Crippen molar-refractivity contribution in [2.75, 3.05) is 26.2 Å². The first-order chi connectivity index (χ1) is 14.6. The second-order valence-corrected chi connectivity index (χ2v) is 8.99. The molecule has 0 bridgehead atoms. The van der Waals surface area contributed by atoms with Crippen LogP contribution in [0.3, 0.4) is 0 Å². The molecule has 2 atom stereocenters. The molecule has 0 radical (unpaired) electrons. The van der Waals surface area contributed by atoms with E-state index in [2.05, 4.69) is 25.5 Å². The normalized spacial score (nSPS) is 22.7. The lowest BCUT2D eigenvalue weighted by molar-refractivity contribution is 0.285. The number of halogens is 1. The first kappa shape index (κ1) is 19.6. The lowest BCUT2D eigenvalue weighted by atomic mass is 10.1. The van der Waals surface area contributed by atoms with E-state index in [-0.39, 0.29) is 11.7 Å². The summed E-state index contributed by atoms with van der Waals surface area (Å²) < 4.78 is 21.6. The molecule has 30 heavy (non-hydrogen) atoms. The van der Waals surface area contributed by atoms with Gasteiger partial charge in [0.05, 0.1) is 5.69 Å². The van der Waals surface area contributed by atoms with Crippen LogP contribution in [0, 0.1) is 11.7 Å². The molecule has 2 aliphatic rings. The molecule has 2 aliphatic heterocycles. The molecule has 160 valence electrons. The highest BCUT2D eigenvalue weighted by atomic mass is 19.1. The zero-order valence-electron chi connectivity index (χ0n) is 17.6. The minimum absolute atomic E-state index is 0.167. The van der Waals surface area contributed by atoms with Crippen molar-refractivity contribution in [3.63, 3.8) is 0 Å². The number of hydrogen-bond acceptors (Lipinski definition) is 6. The van der Waals surface area contributed by atoms with Crippen LogP contribution in [0.25, 0.3) is 16.9 Å². The predicted molar refractivity (Wildman–Crippen MR) is 112 cm³/mol. The van der Waals surface area contributed by atoms with Crippen molar-refractivity contribution in [2.45, 2.75) is 51.5 Å². The Hall–Kier alpha value is -2.32. The van der Waals surface area contributed by atoms with Crippen LogP contribution in [0.2, 0.25) is 0 Å². The van der Waals surface area contributed by atoms with Gasteiger partial charge < -0.3 is 14.7 Å². The van der Waals surface area contributed by atoms with Gasteiger partial charge in [-0.1, -0.05) is 26.0 Å². The molecule has 1 N–H and O–H groups in total. The van der Waals surface area contributed by atoms with Gasteiger partial charge >= 0.3 is 0 Å². The molecule has 1 aromatic carbocycles. The Morgan fingerprint density at radius 2 is 2.20 bits per heavy atom. The lowest BCUT2D eigenvalue weighted by Gasteiger charge is -2.20. The highest BCUT2D eigenvalue weighted by Gasteiger charge is 2.28. The highest BCUT2D eigenvalue weighted by Crippen LogP contribution is 2.28. The van der Waals surface area contributed by atoms with Crippen LogP contribution in [0.4, 0.5) is 4.39 Å². The molecule has 2 aromatic heterocycles. The van der Waals surface area contributed by atoms with Crippen molar-refractivity contribution in [1.29, 1.82) is 0 Å². The minimum Gasteiger partial charge on any atom is -0.337 e. The maximum atomic E-state index is 14.6. The molecule has 3 aromatic rings. The Bertz CT molecular complexity index is 1020. The molecule has 0 spiro atoms. The number of rotatable bonds is 6. The summed E-state index contributed by atoms with van der Waals surface area (Å²) in [6, 6.07) is 5.68. The van der Waals surface area contributed by atoms with Crippen molar-refractivity contribution in [2.24, 2.45) is 5.92 Å². The molecule has 0 amide bonds. The summed E-state index contributed by atoms with van der Waals surface area (Å²) in [5.41, 5.74) is 1.24. The molecule has 2 saturated heterocycles. The van der Waals surface area contributed by atoms with Crippen LogP contribution in [0.15, 0.2) is 22.7 Å². The van der Waals surface area contributed by atoms with Crippen LogP contribution in [-0.2, 0) is 6.42 Å². The van der Waals surface area contributed by atoms with E-state index >= 15 is 0 Å². The van der Waals surface area contributed by atoms with E-state index < -0.39 is 0 Å². The molecule has 0 unspecified atom stereocenters. The van der Waals surface area contributed by atoms with Crippen molar-refractivity contribution in [1.82, 2.24) is 30.1 Å². The number of nitrogens with zero attached hydrogens (tertiary/aromatic N) is 5. The van der Waals surface area contributed by atoms with Gasteiger partial charge in [0, 0.05) is 30.9 Å². The van der Waals surface area contributed by atoms with Gasteiger partial charge in [-0.3, -0.25) is 0 Å². The quantitative estimate of drug-likeness (QED) is 0.670. The van der Waals surface area contributed by atoms with Crippen LogP contribution < -0.4 is 5.32 Å². The maximum absolute atomic E-state index is 14.6. The number of para-hydroxylation sites is 1. The summed E-state index contributed by atoms with van der Waals surface area (Å²) >= 11 is 0. The fourth-order valence-corrected chi connectivity index (χ4v) is 4.85. The van der Waals surface area contributed by atoms with E-state index in [0.29, 0.717) is 29.3 Å². The first-order valence-electron chi connectivity index (χ1n) is 11.0. The average molecular weight is 413 g/mol. The third-order valence-electron chi connectivity index (χ3n) is 6.35. The van der Waals surface area contributed by atoms with Gasteiger partial charge in [0.15, 0.2) is 0 Å². The van der Waals surface area contributed by atoms with E-state index in [1.807, 2.05) is 19.9 Å². The molecule has 2 fully saturated rings. The average Bonchev–Trinajstić information content (AvgIpc) is 3.49. The zero-order valence-corrected chi connectivity index (χ0v) is 17.6. The minimum atomic E-state index is -0.329. The Balaban J connectivity index is 1.32. The van der Waals surface area contributed by atoms with E-state index in [1.165, 1.54) is 23.6 Å². The fraction of sp³-hybridized carbons (Fsp3) is 0.591. The van der Waals surface area contributed by atoms with E-state index in [4.69, 9.17) is 4.52 Å². The van der Waals surface area contributed by atoms with Gasteiger partial charge in [-0.2, -0.15) is 14.8 Å². The third kappa shape index (κ3) is 3.74. The summed E-state index contributed by atoms with van der Waals surface area (Å²) in [6.45, 7) is 8.55. The number of nitrogens with one attached hydrogen (secondary N) is 1. The van der Waals surface area contributed by atoms with E-state index in [1.54, 1.807) is 6.07 Å². The largest absolute Gasteiger partial charge is 0.337 e. The number of likely N-dealkylation sites (tertiary alicyclic amines) is 1. The second-order valence-electron chi connectivity index (χ2n) is 8.99. The van der Waals surface area contributed by atoms with Gasteiger partial charge in [-0.15, -0.1) is 0 Å². The molecular weight excluding hydrogens is 383 g/mol. The summed E-state index contributed by atoms with van der Waals surface area (Å²) in [5, 5.41) is 13.1. The van der Waals surface area contributed by atoms with Crippen LogP contribution in [0.5, 0.6) is 0 Å². The van der Waals surface area contributed by atoms with Crippen LogP contribution >= 0.6 is 0 Å². The summed E-state index contributed by atoms with van der Waals surface area (Å²) in [5.74, 6) is 1.25. The standard InChI is InChI=1S/C22H29FN6O/c1-14(2)20-17-6-3-7-18(23)21(17)29(26-20)22-25-19(30-27-22)11-15-8-10-28(12-15)13-16-5-4-9-24-16/h3,6-7,14-16,24H,4-5,8-13H2,1-2H3/t15-,16+/m1/s1. The van der Waals surface area contributed by atoms with Gasteiger partial charge in [-0.25, -0.2) is 4.39 Å². The zero-order chi connectivity index (χ0) is 20.7. The summed E-state index contributed by atoms with van der Waals surface area (Å²) in [4.78, 5) is 7.10. The van der Waals surface area contributed by atoms with Gasteiger partial charge in [0.1, 0.15) is 11.3 Å². The lowest BCUT2D eigenvalue weighted by Crippen LogP contribution is -2.36. The highest BCUT2D eigenvalue weighted by molar-refractivity contribution is 5.84. The SMILES string of the molecule is CC(C)c1nn(-c2noc(C[C@H]3CCN(C[C@@H]4CCCN4)C3)n2)c2c(F)cccc12. The maximum Gasteiger partial charge on any atom is 0.291 e. The molecule has 8 heteroatoms. The molecule has 7 nitrogen and oxygen atoms in total. The van der Waals surface area contributed by atoms with Crippen molar-refractivity contribution >= 4 is 10.9 Å². The molecule has 5 rings (SSSR count). The number of fused-ring (bicyclic) bond motifs is 1. The Morgan fingerprint density at radius 1 is 1.30 bits per heavy atom. The van der Waals surface area contributed by atoms with Gasteiger partial charge in [0.25, 0.3) is 5.95 Å². The molecular formula is C22H29FN6O. The van der Waals surface area contributed by atoms with Crippen molar-refractivity contribution < 1.29 is 8.91 Å². The third-order valence-corrected chi connectivity index (χ3v) is 6.35. The topological polar surface area (TPSA) is 72.0 Å². The fourth-order valence-electron chi connectivity index (χ4n) is 4.85. The Kier molecular flexibility index (Phi) is 5.28. The first-order valence-corrected chi connectivity index (χ1v) is 11.0. The second kappa shape index (κ2) is 8.07. The Labute approximate surface area is 175 Å². The monoisotopic (exact) mass is 412 g/mol. The van der Waals surface area contributed by atoms with Crippen molar-refractivity contribution in [3.05, 3.63) is 35.6 Å².